The van der Waals surface area contributed by atoms with E-state index in [9.17, 15) is 10.1 Å². The topological polar surface area (TPSA) is 70.2 Å². The SMILES string of the molecule is CCN(CC)c1ccc(C#N)c([N+](=O)[O-])c1. The second-order valence-electron chi connectivity index (χ2n) is 3.24. The van der Waals surface area contributed by atoms with Crippen LogP contribution in [0.5, 0.6) is 0 Å². The van der Waals surface area contributed by atoms with Crippen LogP contribution >= 0.6 is 0 Å². The highest BCUT2D eigenvalue weighted by molar-refractivity contribution is 5.60. The average molecular weight is 219 g/mol. The van der Waals surface area contributed by atoms with Gasteiger partial charge in [-0.15, -0.1) is 0 Å². The number of rotatable bonds is 4. The fraction of sp³-hybridized carbons (Fsp3) is 0.364. The minimum atomic E-state index is -0.522. The van der Waals surface area contributed by atoms with Gasteiger partial charge in [0.05, 0.1) is 4.92 Å². The van der Waals surface area contributed by atoms with Crippen molar-refractivity contribution in [3.05, 3.63) is 33.9 Å². The summed E-state index contributed by atoms with van der Waals surface area (Å²) in [7, 11) is 0. The molecule has 5 heteroatoms. The van der Waals surface area contributed by atoms with Gasteiger partial charge in [0.1, 0.15) is 11.6 Å². The molecular weight excluding hydrogens is 206 g/mol. The van der Waals surface area contributed by atoms with Crippen LogP contribution in [0.25, 0.3) is 0 Å². The third-order valence-corrected chi connectivity index (χ3v) is 2.43. The molecule has 1 rings (SSSR count). The van der Waals surface area contributed by atoms with Gasteiger partial charge in [0.2, 0.25) is 0 Å². The molecule has 5 nitrogen and oxygen atoms in total. The van der Waals surface area contributed by atoms with Gasteiger partial charge in [-0.2, -0.15) is 5.26 Å². The maximum atomic E-state index is 10.8. The van der Waals surface area contributed by atoms with Crippen LogP contribution in [0.3, 0.4) is 0 Å². The lowest BCUT2D eigenvalue weighted by atomic mass is 10.1. The van der Waals surface area contributed by atoms with Crippen molar-refractivity contribution in [2.45, 2.75) is 13.8 Å². The lowest BCUT2D eigenvalue weighted by Gasteiger charge is -2.20. The highest BCUT2D eigenvalue weighted by atomic mass is 16.6. The van der Waals surface area contributed by atoms with Gasteiger partial charge < -0.3 is 4.90 Å². The van der Waals surface area contributed by atoms with Gasteiger partial charge in [-0.3, -0.25) is 10.1 Å². The van der Waals surface area contributed by atoms with Crippen LogP contribution in [-0.2, 0) is 0 Å². The Kier molecular flexibility index (Phi) is 3.84. The Balaban J connectivity index is 3.22. The zero-order valence-corrected chi connectivity index (χ0v) is 9.30. The molecule has 0 radical (unpaired) electrons. The Bertz CT molecular complexity index is 433. The molecule has 0 heterocycles. The third-order valence-electron chi connectivity index (χ3n) is 2.43. The van der Waals surface area contributed by atoms with Gasteiger partial charge >= 0.3 is 0 Å². The maximum absolute atomic E-state index is 10.8. The molecule has 0 spiro atoms. The Morgan fingerprint density at radius 1 is 1.44 bits per heavy atom. The Labute approximate surface area is 94.1 Å². The smallest absolute Gasteiger partial charge is 0.289 e. The van der Waals surface area contributed by atoms with Crippen LogP contribution in [0, 0.1) is 21.4 Å². The second kappa shape index (κ2) is 5.12. The highest BCUT2D eigenvalue weighted by Crippen LogP contribution is 2.24. The van der Waals surface area contributed by atoms with E-state index >= 15 is 0 Å². The molecular formula is C11H13N3O2. The summed E-state index contributed by atoms with van der Waals surface area (Å²) >= 11 is 0. The monoisotopic (exact) mass is 219 g/mol. The Hall–Kier alpha value is -2.09. The van der Waals surface area contributed by atoms with Crippen molar-refractivity contribution < 1.29 is 4.92 Å². The van der Waals surface area contributed by atoms with E-state index in [1.165, 1.54) is 12.1 Å². The first-order valence-corrected chi connectivity index (χ1v) is 5.07. The fourth-order valence-electron chi connectivity index (χ4n) is 1.55. The molecule has 0 fully saturated rings. The van der Waals surface area contributed by atoms with E-state index in [1.807, 2.05) is 24.8 Å². The minimum absolute atomic E-state index is 0.0981. The molecule has 0 N–H and O–H groups in total. The number of nitrogens with zero attached hydrogens (tertiary/aromatic N) is 3. The molecule has 0 saturated carbocycles. The fourth-order valence-corrected chi connectivity index (χ4v) is 1.55. The summed E-state index contributed by atoms with van der Waals surface area (Å²) in [5.74, 6) is 0. The van der Waals surface area contributed by atoms with E-state index < -0.39 is 4.92 Å². The number of nitro benzene ring substituents is 1. The first-order chi connectivity index (χ1) is 7.63. The first-order valence-electron chi connectivity index (χ1n) is 5.07. The zero-order valence-electron chi connectivity index (χ0n) is 9.30. The molecule has 16 heavy (non-hydrogen) atoms. The number of hydrogen-bond donors (Lipinski definition) is 0. The minimum Gasteiger partial charge on any atom is -0.372 e. The van der Waals surface area contributed by atoms with Crippen LogP contribution in [0.1, 0.15) is 19.4 Å². The third kappa shape index (κ3) is 2.28. The molecule has 1 aromatic carbocycles. The van der Waals surface area contributed by atoms with Crippen molar-refractivity contribution in [2.75, 3.05) is 18.0 Å². The Morgan fingerprint density at radius 3 is 2.50 bits per heavy atom. The van der Waals surface area contributed by atoms with Gasteiger partial charge in [0.15, 0.2) is 0 Å². The predicted molar refractivity (Wildman–Crippen MR) is 61.4 cm³/mol. The van der Waals surface area contributed by atoms with E-state index in [-0.39, 0.29) is 11.3 Å². The van der Waals surface area contributed by atoms with Crippen LogP contribution in [0.2, 0.25) is 0 Å². The Morgan fingerprint density at radius 2 is 2.06 bits per heavy atom. The summed E-state index contributed by atoms with van der Waals surface area (Å²) in [6.45, 7) is 5.51. The van der Waals surface area contributed by atoms with Crippen LogP contribution < -0.4 is 4.90 Å². The zero-order chi connectivity index (χ0) is 12.1. The number of nitriles is 1. The summed E-state index contributed by atoms with van der Waals surface area (Å²) in [6.07, 6.45) is 0. The summed E-state index contributed by atoms with van der Waals surface area (Å²) in [5, 5.41) is 19.5. The highest BCUT2D eigenvalue weighted by Gasteiger charge is 2.15. The van der Waals surface area contributed by atoms with E-state index in [2.05, 4.69) is 0 Å². The van der Waals surface area contributed by atoms with E-state index in [4.69, 9.17) is 5.26 Å². The molecule has 0 aliphatic heterocycles. The molecule has 0 aromatic heterocycles. The predicted octanol–water partition coefficient (Wildman–Crippen LogP) is 2.31. The lowest BCUT2D eigenvalue weighted by molar-refractivity contribution is -0.385. The maximum Gasteiger partial charge on any atom is 0.289 e. The molecule has 0 saturated heterocycles. The average Bonchev–Trinajstić information content (AvgIpc) is 2.30. The van der Waals surface area contributed by atoms with Crippen LogP contribution in [-0.4, -0.2) is 18.0 Å². The summed E-state index contributed by atoms with van der Waals surface area (Å²) < 4.78 is 0. The van der Waals surface area contributed by atoms with Crippen molar-refractivity contribution in [1.82, 2.24) is 0 Å². The lowest BCUT2D eigenvalue weighted by Crippen LogP contribution is -2.21. The number of hydrogen-bond acceptors (Lipinski definition) is 4. The van der Waals surface area contributed by atoms with Crippen molar-refractivity contribution in [1.29, 1.82) is 5.26 Å². The number of benzene rings is 1. The van der Waals surface area contributed by atoms with Crippen molar-refractivity contribution >= 4 is 11.4 Å². The van der Waals surface area contributed by atoms with Crippen molar-refractivity contribution in [3.63, 3.8) is 0 Å². The summed E-state index contributed by atoms with van der Waals surface area (Å²) in [6, 6.07) is 6.50. The largest absolute Gasteiger partial charge is 0.372 e. The van der Waals surface area contributed by atoms with Crippen LogP contribution in [0.4, 0.5) is 11.4 Å². The molecule has 0 unspecified atom stereocenters. The molecule has 1 aromatic rings. The molecule has 0 aliphatic carbocycles. The molecule has 84 valence electrons. The van der Waals surface area contributed by atoms with Gasteiger partial charge in [-0.1, -0.05) is 0 Å². The second-order valence-corrected chi connectivity index (χ2v) is 3.24. The van der Waals surface area contributed by atoms with E-state index in [0.717, 1.165) is 18.8 Å². The molecule has 0 amide bonds. The number of anilines is 1. The van der Waals surface area contributed by atoms with Gasteiger partial charge in [0, 0.05) is 24.8 Å². The molecule has 0 aliphatic rings. The van der Waals surface area contributed by atoms with E-state index in [0.29, 0.717) is 0 Å². The van der Waals surface area contributed by atoms with Crippen molar-refractivity contribution in [2.24, 2.45) is 0 Å². The number of nitro groups is 1. The summed E-state index contributed by atoms with van der Waals surface area (Å²) in [5.41, 5.74) is 0.739. The van der Waals surface area contributed by atoms with Gasteiger partial charge in [0.25, 0.3) is 5.69 Å². The van der Waals surface area contributed by atoms with E-state index in [1.54, 1.807) is 6.07 Å². The van der Waals surface area contributed by atoms with Crippen LogP contribution in [0.15, 0.2) is 18.2 Å². The van der Waals surface area contributed by atoms with Gasteiger partial charge in [-0.25, -0.2) is 0 Å². The molecule has 0 atom stereocenters. The van der Waals surface area contributed by atoms with Crippen molar-refractivity contribution in [3.8, 4) is 6.07 Å². The van der Waals surface area contributed by atoms with Gasteiger partial charge in [-0.05, 0) is 26.0 Å². The quantitative estimate of drug-likeness (QED) is 0.575. The molecule has 0 bridgehead atoms. The summed E-state index contributed by atoms with van der Waals surface area (Å²) in [4.78, 5) is 12.2. The normalized spacial score (nSPS) is 9.56. The first kappa shape index (κ1) is 12.0. The standard InChI is InChI=1S/C11H13N3O2/c1-3-13(4-2)10-6-5-9(8-12)11(7-10)14(15)16/h5-7H,3-4H2,1-2H3.